The molecule has 1 atom stereocenters. The van der Waals surface area contributed by atoms with E-state index in [0.717, 1.165) is 22.1 Å². The maximum Gasteiger partial charge on any atom is 0.231 e. The van der Waals surface area contributed by atoms with Crippen molar-refractivity contribution in [2.75, 3.05) is 17.7 Å². The van der Waals surface area contributed by atoms with Gasteiger partial charge in [-0.2, -0.15) is 0 Å². The molecule has 29 heavy (non-hydrogen) atoms. The molecule has 1 unspecified atom stereocenters. The molecule has 3 aromatic rings. The lowest BCUT2D eigenvalue weighted by atomic mass is 9.97. The summed E-state index contributed by atoms with van der Waals surface area (Å²) < 4.78 is 5.26. The monoisotopic (exact) mass is 390 g/mol. The van der Waals surface area contributed by atoms with Crippen LogP contribution < -0.4 is 15.4 Å². The Labute approximate surface area is 171 Å². The number of fused-ring (bicyclic) bond motifs is 1. The Morgan fingerprint density at radius 2 is 1.31 bits per heavy atom. The van der Waals surface area contributed by atoms with Crippen LogP contribution in [-0.4, -0.2) is 18.9 Å². The van der Waals surface area contributed by atoms with Gasteiger partial charge in [0, 0.05) is 17.3 Å². The van der Waals surface area contributed by atoms with Crippen LogP contribution in [0.3, 0.4) is 0 Å². The lowest BCUT2D eigenvalue weighted by Crippen LogP contribution is -2.19. The minimum Gasteiger partial charge on any atom is -0.497 e. The quantitative estimate of drug-likeness (QED) is 0.609. The smallest absolute Gasteiger partial charge is 0.231 e. The van der Waals surface area contributed by atoms with Crippen molar-refractivity contribution in [2.24, 2.45) is 5.92 Å². The minimum absolute atomic E-state index is 0.0377. The zero-order valence-electron chi connectivity index (χ0n) is 17.2. The van der Waals surface area contributed by atoms with Gasteiger partial charge in [-0.05, 0) is 59.7 Å². The van der Waals surface area contributed by atoms with Gasteiger partial charge in [0.15, 0.2) is 0 Å². The molecule has 0 bridgehead atoms. The predicted molar refractivity (Wildman–Crippen MR) is 117 cm³/mol. The second-order valence-electron chi connectivity index (χ2n) is 7.40. The Kier molecular flexibility index (Phi) is 6.17. The van der Waals surface area contributed by atoms with E-state index < -0.39 is 0 Å². The first-order chi connectivity index (χ1) is 13.9. The summed E-state index contributed by atoms with van der Waals surface area (Å²) in [4.78, 5) is 24.5. The van der Waals surface area contributed by atoms with Crippen LogP contribution >= 0.6 is 0 Å². The van der Waals surface area contributed by atoms with E-state index in [1.54, 1.807) is 31.4 Å². The maximum absolute atomic E-state index is 12.7. The number of carbonyl (C=O) groups is 2. The van der Waals surface area contributed by atoms with Gasteiger partial charge in [-0.1, -0.05) is 38.1 Å². The number of anilines is 2. The Morgan fingerprint density at radius 3 is 1.90 bits per heavy atom. The first-order valence-corrected chi connectivity index (χ1v) is 9.67. The van der Waals surface area contributed by atoms with Gasteiger partial charge in [0.1, 0.15) is 5.75 Å². The average molecular weight is 390 g/mol. The number of benzene rings is 3. The van der Waals surface area contributed by atoms with Gasteiger partial charge in [0.2, 0.25) is 11.8 Å². The van der Waals surface area contributed by atoms with Crippen LogP contribution in [0.15, 0.2) is 60.7 Å². The van der Waals surface area contributed by atoms with Crippen molar-refractivity contribution < 1.29 is 14.3 Å². The fourth-order valence-electron chi connectivity index (χ4n) is 2.96. The van der Waals surface area contributed by atoms with E-state index >= 15 is 0 Å². The first-order valence-electron chi connectivity index (χ1n) is 9.67. The van der Waals surface area contributed by atoms with E-state index in [2.05, 4.69) is 10.6 Å². The van der Waals surface area contributed by atoms with Crippen molar-refractivity contribution in [3.8, 4) is 5.75 Å². The van der Waals surface area contributed by atoms with Gasteiger partial charge >= 0.3 is 0 Å². The zero-order chi connectivity index (χ0) is 21.0. The van der Waals surface area contributed by atoms with E-state index in [0.29, 0.717) is 11.4 Å². The summed E-state index contributed by atoms with van der Waals surface area (Å²) in [5.74, 6) is 0.297. The number of amides is 2. The van der Waals surface area contributed by atoms with Crippen molar-refractivity contribution in [3.05, 3.63) is 66.2 Å². The Balaban J connectivity index is 1.68. The molecule has 5 nitrogen and oxygen atoms in total. The zero-order valence-corrected chi connectivity index (χ0v) is 17.2. The van der Waals surface area contributed by atoms with Crippen LogP contribution in [0.1, 0.15) is 32.3 Å². The topological polar surface area (TPSA) is 67.4 Å². The van der Waals surface area contributed by atoms with Gasteiger partial charge in [0.05, 0.1) is 13.0 Å². The van der Waals surface area contributed by atoms with Gasteiger partial charge in [-0.3, -0.25) is 9.59 Å². The first kappa shape index (κ1) is 20.4. The van der Waals surface area contributed by atoms with Gasteiger partial charge < -0.3 is 15.4 Å². The highest BCUT2D eigenvalue weighted by Crippen LogP contribution is 2.26. The van der Waals surface area contributed by atoms with Crippen LogP contribution in [0.5, 0.6) is 5.75 Å². The van der Waals surface area contributed by atoms with Crippen LogP contribution in [-0.2, 0) is 9.59 Å². The molecular formula is C24H26N2O3. The molecule has 0 saturated carbocycles. The number of ether oxygens (including phenoxy) is 1. The lowest BCUT2D eigenvalue weighted by molar-refractivity contribution is -0.119. The Morgan fingerprint density at radius 1 is 0.759 bits per heavy atom. The van der Waals surface area contributed by atoms with Crippen LogP contribution in [0.4, 0.5) is 11.4 Å². The summed E-state index contributed by atoms with van der Waals surface area (Å²) in [6.45, 7) is 5.57. The fourth-order valence-corrected chi connectivity index (χ4v) is 2.96. The number of hydrogen-bond acceptors (Lipinski definition) is 3. The van der Waals surface area contributed by atoms with Gasteiger partial charge in [-0.15, -0.1) is 0 Å². The molecule has 0 radical (unpaired) electrons. The largest absolute Gasteiger partial charge is 0.497 e. The summed E-state index contributed by atoms with van der Waals surface area (Å²) >= 11 is 0. The molecular weight excluding hydrogens is 364 g/mol. The van der Waals surface area contributed by atoms with Gasteiger partial charge in [-0.25, -0.2) is 0 Å². The molecule has 0 spiro atoms. The highest BCUT2D eigenvalue weighted by atomic mass is 16.5. The Bertz CT molecular complexity index is 1030. The molecule has 0 aliphatic heterocycles. The number of methoxy groups -OCH3 is 1. The molecule has 150 valence electrons. The maximum atomic E-state index is 12.7. The fraction of sp³-hybridized carbons (Fsp3) is 0.250. The summed E-state index contributed by atoms with van der Waals surface area (Å²) in [6, 6.07) is 19.0. The number of hydrogen-bond donors (Lipinski definition) is 2. The van der Waals surface area contributed by atoms with E-state index in [-0.39, 0.29) is 23.7 Å². The van der Waals surface area contributed by atoms with Crippen molar-refractivity contribution >= 4 is 34.0 Å². The van der Waals surface area contributed by atoms with Crippen molar-refractivity contribution in [1.82, 2.24) is 0 Å². The summed E-state index contributed by atoms with van der Waals surface area (Å²) in [7, 11) is 1.65. The minimum atomic E-state index is -0.304. The lowest BCUT2D eigenvalue weighted by Gasteiger charge is -2.14. The molecule has 2 amide bonds. The second kappa shape index (κ2) is 8.78. The molecule has 2 N–H and O–H groups in total. The molecule has 0 aliphatic rings. The van der Waals surface area contributed by atoms with Crippen LogP contribution in [0.25, 0.3) is 10.8 Å². The molecule has 0 aromatic heterocycles. The number of rotatable bonds is 6. The molecule has 0 fully saturated rings. The predicted octanol–water partition coefficient (Wildman–Crippen LogP) is 5.19. The second-order valence-corrected chi connectivity index (χ2v) is 7.40. The standard InChI is InChI=1S/C24H26N2O3/c1-15(2)23(27)25-20-8-10-21(11-9-20)26-24(28)16(3)17-5-6-19-14-22(29-4)12-7-18(19)13-17/h5-16H,1-4H3,(H,25,27)(H,26,28). The molecule has 0 saturated heterocycles. The average Bonchev–Trinajstić information content (AvgIpc) is 2.73. The van der Waals surface area contributed by atoms with Crippen molar-refractivity contribution in [2.45, 2.75) is 26.7 Å². The van der Waals surface area contributed by atoms with Crippen LogP contribution in [0.2, 0.25) is 0 Å². The molecule has 0 heterocycles. The molecule has 3 aromatic carbocycles. The van der Waals surface area contributed by atoms with Crippen molar-refractivity contribution in [1.29, 1.82) is 0 Å². The summed E-state index contributed by atoms with van der Waals surface area (Å²) in [5, 5.41) is 7.91. The highest BCUT2D eigenvalue weighted by Gasteiger charge is 2.16. The molecule has 3 rings (SSSR count). The molecule has 0 aliphatic carbocycles. The highest BCUT2D eigenvalue weighted by molar-refractivity contribution is 5.97. The molecule has 5 heteroatoms. The van der Waals surface area contributed by atoms with Crippen LogP contribution in [0, 0.1) is 5.92 Å². The summed E-state index contributed by atoms with van der Waals surface area (Å²) in [5.41, 5.74) is 2.34. The third kappa shape index (κ3) is 4.93. The normalized spacial score (nSPS) is 11.9. The van der Waals surface area contributed by atoms with E-state index in [9.17, 15) is 9.59 Å². The van der Waals surface area contributed by atoms with E-state index in [1.165, 1.54) is 0 Å². The van der Waals surface area contributed by atoms with Crippen molar-refractivity contribution in [3.63, 3.8) is 0 Å². The van der Waals surface area contributed by atoms with E-state index in [4.69, 9.17) is 4.74 Å². The Hall–Kier alpha value is -3.34. The van der Waals surface area contributed by atoms with Gasteiger partial charge in [0.25, 0.3) is 0 Å². The third-order valence-corrected chi connectivity index (χ3v) is 4.91. The number of carbonyl (C=O) groups excluding carboxylic acids is 2. The van der Waals surface area contributed by atoms with E-state index in [1.807, 2.05) is 57.2 Å². The summed E-state index contributed by atoms with van der Waals surface area (Å²) in [6.07, 6.45) is 0. The number of nitrogens with one attached hydrogen (secondary N) is 2. The third-order valence-electron chi connectivity index (χ3n) is 4.91. The SMILES string of the molecule is COc1ccc2cc(C(C)C(=O)Nc3ccc(NC(=O)C(C)C)cc3)ccc2c1.